The Kier molecular flexibility index (Phi) is 5.61. The van der Waals surface area contributed by atoms with E-state index in [9.17, 15) is 8.42 Å². The van der Waals surface area contributed by atoms with Crippen LogP contribution < -0.4 is 4.74 Å². The van der Waals surface area contributed by atoms with Crippen LogP contribution in [0.2, 0.25) is 0 Å². The molecule has 7 nitrogen and oxygen atoms in total. The lowest BCUT2D eigenvalue weighted by atomic mass is 10.1. The molecule has 0 radical (unpaired) electrons. The first-order valence-corrected chi connectivity index (χ1v) is 9.70. The van der Waals surface area contributed by atoms with Crippen LogP contribution in [0.3, 0.4) is 0 Å². The lowest BCUT2D eigenvalue weighted by Crippen LogP contribution is -2.43. The van der Waals surface area contributed by atoms with Crippen LogP contribution in [0.4, 0.5) is 0 Å². The van der Waals surface area contributed by atoms with E-state index < -0.39 is 10.0 Å². The predicted molar refractivity (Wildman–Crippen MR) is 96.4 cm³/mol. The smallest absolute Gasteiger partial charge is 0.251 e. The summed E-state index contributed by atoms with van der Waals surface area (Å²) in [6, 6.07) is 11.2. The number of nitrogens with zero attached hydrogens (tertiary/aromatic N) is 4. The normalized spacial score (nSPS) is 18.5. The third-order valence-corrected chi connectivity index (χ3v) is 5.51. The van der Waals surface area contributed by atoms with Crippen LogP contribution in [0.15, 0.2) is 48.1 Å². The maximum absolute atomic E-state index is 12.6. The molecule has 0 amide bonds. The molecule has 0 spiro atoms. The van der Waals surface area contributed by atoms with Gasteiger partial charge in [-0.1, -0.05) is 30.3 Å². The minimum atomic E-state index is -3.55. The molecule has 1 saturated heterocycles. The minimum Gasteiger partial charge on any atom is -0.471 e. The summed E-state index contributed by atoms with van der Waals surface area (Å²) in [5.74, 6) is 0.138. The maximum Gasteiger partial charge on any atom is 0.251 e. The molecule has 26 heavy (non-hydrogen) atoms. The summed E-state index contributed by atoms with van der Waals surface area (Å²) in [5, 5.41) is 10.3. The molecule has 8 heteroatoms. The fourth-order valence-electron chi connectivity index (χ4n) is 2.69. The first kappa shape index (κ1) is 18.0. The Hall–Kier alpha value is -2.76. The van der Waals surface area contributed by atoms with E-state index in [1.54, 1.807) is 6.08 Å². The first-order valence-electron chi connectivity index (χ1n) is 8.19. The van der Waals surface area contributed by atoms with E-state index in [4.69, 9.17) is 10.00 Å². The second kappa shape index (κ2) is 8.08. The standard InChI is InChI=1S/C18H18N4O3S/c19-13-17-18(21-10-9-20-17)25-16-7-4-11-22(14-16)26(23,24)12-8-15-5-2-1-3-6-15/h1-3,5-6,8-10,12,16H,4,7,11,14H2. The summed E-state index contributed by atoms with van der Waals surface area (Å²) < 4.78 is 32.3. The number of ether oxygens (including phenoxy) is 1. The molecular weight excluding hydrogens is 352 g/mol. The van der Waals surface area contributed by atoms with Gasteiger partial charge in [0.25, 0.3) is 5.88 Å². The van der Waals surface area contributed by atoms with Gasteiger partial charge in [-0.15, -0.1) is 0 Å². The topological polar surface area (TPSA) is 96.2 Å². The molecule has 1 aromatic carbocycles. The molecule has 1 aliphatic heterocycles. The molecule has 1 aromatic heterocycles. The molecule has 1 fully saturated rings. The van der Waals surface area contributed by atoms with E-state index in [1.165, 1.54) is 22.1 Å². The van der Waals surface area contributed by atoms with Gasteiger partial charge in [0.15, 0.2) is 0 Å². The second-order valence-corrected chi connectivity index (χ2v) is 7.64. The Labute approximate surface area is 152 Å². The number of rotatable bonds is 5. The van der Waals surface area contributed by atoms with Crippen LogP contribution in [-0.4, -0.2) is 41.9 Å². The van der Waals surface area contributed by atoms with Gasteiger partial charge >= 0.3 is 0 Å². The van der Waals surface area contributed by atoms with Crippen molar-refractivity contribution < 1.29 is 13.2 Å². The zero-order valence-corrected chi connectivity index (χ0v) is 14.8. The fourth-order valence-corrected chi connectivity index (χ4v) is 3.95. The van der Waals surface area contributed by atoms with Gasteiger partial charge < -0.3 is 4.74 Å². The van der Waals surface area contributed by atoms with Crippen molar-refractivity contribution in [2.75, 3.05) is 13.1 Å². The highest BCUT2D eigenvalue weighted by Crippen LogP contribution is 2.21. The summed E-state index contributed by atoms with van der Waals surface area (Å²) >= 11 is 0. The lowest BCUT2D eigenvalue weighted by molar-refractivity contribution is 0.124. The van der Waals surface area contributed by atoms with E-state index in [-0.39, 0.29) is 24.2 Å². The van der Waals surface area contributed by atoms with Gasteiger partial charge in [-0.2, -0.15) is 9.57 Å². The van der Waals surface area contributed by atoms with Crippen molar-refractivity contribution in [1.82, 2.24) is 14.3 Å². The molecule has 0 bridgehead atoms. The van der Waals surface area contributed by atoms with Crippen molar-refractivity contribution in [2.24, 2.45) is 0 Å². The van der Waals surface area contributed by atoms with Crippen LogP contribution in [0.25, 0.3) is 6.08 Å². The maximum atomic E-state index is 12.6. The zero-order chi connectivity index (χ0) is 18.4. The molecule has 0 N–H and O–H groups in total. The third kappa shape index (κ3) is 4.45. The monoisotopic (exact) mass is 370 g/mol. The number of aromatic nitrogens is 2. The molecule has 1 aliphatic rings. The highest BCUT2D eigenvalue weighted by molar-refractivity contribution is 7.92. The zero-order valence-electron chi connectivity index (χ0n) is 14.0. The summed E-state index contributed by atoms with van der Waals surface area (Å²) in [4.78, 5) is 7.92. The first-order chi connectivity index (χ1) is 12.6. The van der Waals surface area contributed by atoms with Crippen molar-refractivity contribution in [2.45, 2.75) is 18.9 Å². The Bertz CT molecular complexity index is 923. The largest absolute Gasteiger partial charge is 0.471 e. The average Bonchev–Trinajstić information content (AvgIpc) is 2.68. The molecule has 0 saturated carbocycles. The van der Waals surface area contributed by atoms with Gasteiger partial charge in [0.2, 0.25) is 15.7 Å². The van der Waals surface area contributed by atoms with Gasteiger partial charge in [-0.05, 0) is 24.5 Å². The van der Waals surface area contributed by atoms with Crippen LogP contribution in [0, 0.1) is 11.3 Å². The molecule has 0 aliphatic carbocycles. The molecule has 134 valence electrons. The van der Waals surface area contributed by atoms with Gasteiger partial charge in [0, 0.05) is 24.3 Å². The SMILES string of the molecule is N#Cc1nccnc1OC1CCCN(S(=O)(=O)C=Cc2ccccc2)C1. The van der Waals surface area contributed by atoms with Crippen LogP contribution >= 0.6 is 0 Å². The van der Waals surface area contributed by atoms with Crippen molar-refractivity contribution in [3.05, 3.63) is 59.4 Å². The van der Waals surface area contributed by atoms with Crippen molar-refractivity contribution in [3.8, 4) is 11.9 Å². The van der Waals surface area contributed by atoms with Crippen LogP contribution in [0.5, 0.6) is 5.88 Å². The minimum absolute atomic E-state index is 0.0939. The number of benzene rings is 1. The number of sulfonamides is 1. The Morgan fingerprint density at radius 3 is 2.77 bits per heavy atom. The summed E-state index contributed by atoms with van der Waals surface area (Å²) in [5.41, 5.74) is 0.913. The van der Waals surface area contributed by atoms with Crippen LogP contribution in [-0.2, 0) is 10.0 Å². The third-order valence-electron chi connectivity index (χ3n) is 3.98. The van der Waals surface area contributed by atoms with E-state index in [0.717, 1.165) is 5.56 Å². The molecule has 2 heterocycles. The van der Waals surface area contributed by atoms with Crippen molar-refractivity contribution in [1.29, 1.82) is 5.26 Å². The summed E-state index contributed by atoms with van der Waals surface area (Å²) in [7, 11) is -3.55. The van der Waals surface area contributed by atoms with E-state index in [1.807, 2.05) is 36.4 Å². The van der Waals surface area contributed by atoms with E-state index >= 15 is 0 Å². The molecule has 2 aromatic rings. The molecule has 1 unspecified atom stereocenters. The van der Waals surface area contributed by atoms with Gasteiger partial charge in [-0.3, -0.25) is 0 Å². The highest BCUT2D eigenvalue weighted by atomic mass is 32.2. The fraction of sp³-hybridized carbons (Fsp3) is 0.278. The highest BCUT2D eigenvalue weighted by Gasteiger charge is 2.29. The number of nitriles is 1. The number of hydrogen-bond donors (Lipinski definition) is 0. The average molecular weight is 370 g/mol. The van der Waals surface area contributed by atoms with Gasteiger partial charge in [0.05, 0.1) is 6.54 Å². The summed E-state index contributed by atoms with van der Waals surface area (Å²) in [6.07, 6.45) is 5.43. The van der Waals surface area contributed by atoms with Gasteiger partial charge in [-0.25, -0.2) is 18.4 Å². The van der Waals surface area contributed by atoms with Crippen molar-refractivity contribution in [3.63, 3.8) is 0 Å². The quantitative estimate of drug-likeness (QED) is 0.800. The Morgan fingerprint density at radius 1 is 1.23 bits per heavy atom. The second-order valence-electron chi connectivity index (χ2n) is 5.82. The molecular formula is C18H18N4O3S. The number of hydrogen-bond acceptors (Lipinski definition) is 6. The molecule has 3 rings (SSSR count). The lowest BCUT2D eigenvalue weighted by Gasteiger charge is -2.31. The van der Waals surface area contributed by atoms with Crippen molar-refractivity contribution >= 4 is 16.1 Å². The van der Waals surface area contributed by atoms with E-state index in [0.29, 0.717) is 19.4 Å². The Morgan fingerprint density at radius 2 is 2.00 bits per heavy atom. The van der Waals surface area contributed by atoms with Gasteiger partial charge in [0.1, 0.15) is 12.2 Å². The molecule has 1 atom stereocenters. The van der Waals surface area contributed by atoms with E-state index in [2.05, 4.69) is 9.97 Å². The summed E-state index contributed by atoms with van der Waals surface area (Å²) in [6.45, 7) is 0.649. The predicted octanol–water partition coefficient (Wildman–Crippen LogP) is 2.19. The van der Waals surface area contributed by atoms with Crippen LogP contribution in [0.1, 0.15) is 24.1 Å². The Balaban J connectivity index is 1.69. The number of piperidine rings is 1.